The van der Waals surface area contributed by atoms with Gasteiger partial charge in [0.05, 0.1) is 18.7 Å². The second-order valence-electron chi connectivity index (χ2n) is 6.74. The minimum absolute atomic E-state index is 0.0608. The van der Waals surface area contributed by atoms with Crippen LogP contribution in [0.15, 0.2) is 17.6 Å². The Balaban J connectivity index is 2.99. The number of ether oxygens (including phenoxy) is 1. The molecule has 20 heavy (non-hydrogen) atoms. The van der Waals surface area contributed by atoms with Gasteiger partial charge < -0.3 is 9.64 Å². The van der Waals surface area contributed by atoms with E-state index < -0.39 is 0 Å². The van der Waals surface area contributed by atoms with E-state index in [0.29, 0.717) is 6.04 Å². The molecule has 3 heteroatoms. The summed E-state index contributed by atoms with van der Waals surface area (Å²) in [6.07, 6.45) is 6.63. The van der Waals surface area contributed by atoms with Gasteiger partial charge in [0, 0.05) is 19.1 Å². The molecule has 0 saturated carbocycles. The number of methoxy groups -OCH3 is 1. The van der Waals surface area contributed by atoms with Gasteiger partial charge in [0.2, 0.25) is 0 Å². The lowest BCUT2D eigenvalue weighted by atomic mass is 9.93. The van der Waals surface area contributed by atoms with Crippen molar-refractivity contribution in [2.75, 3.05) is 20.3 Å². The number of hydrogen-bond donors (Lipinski definition) is 0. The van der Waals surface area contributed by atoms with Crippen LogP contribution >= 0.6 is 0 Å². The van der Waals surface area contributed by atoms with Gasteiger partial charge in [0.15, 0.2) is 0 Å². The molecule has 0 spiro atoms. The first-order valence-corrected chi connectivity index (χ1v) is 7.90. The topological polar surface area (TPSA) is 24.8 Å². The van der Waals surface area contributed by atoms with E-state index in [1.807, 2.05) is 6.08 Å². The molecule has 1 fully saturated rings. The van der Waals surface area contributed by atoms with E-state index in [1.165, 1.54) is 18.7 Å². The third-order valence-electron chi connectivity index (χ3n) is 3.82. The quantitative estimate of drug-likeness (QED) is 0.419. The summed E-state index contributed by atoms with van der Waals surface area (Å²) in [5.41, 5.74) is 0.0608. The van der Waals surface area contributed by atoms with E-state index in [4.69, 9.17) is 9.73 Å². The van der Waals surface area contributed by atoms with Crippen molar-refractivity contribution in [2.45, 2.75) is 65.5 Å². The molecule has 0 radical (unpaired) electrons. The van der Waals surface area contributed by atoms with Gasteiger partial charge >= 0.3 is 0 Å². The van der Waals surface area contributed by atoms with Crippen LogP contribution in [0, 0.1) is 5.41 Å². The summed E-state index contributed by atoms with van der Waals surface area (Å²) in [5, 5.41) is 0. The highest BCUT2D eigenvalue weighted by molar-refractivity contribution is 5.88. The van der Waals surface area contributed by atoms with Gasteiger partial charge in [0.1, 0.15) is 5.84 Å². The van der Waals surface area contributed by atoms with Crippen LogP contribution in [-0.4, -0.2) is 43.1 Å². The summed E-state index contributed by atoms with van der Waals surface area (Å²) < 4.78 is 5.38. The Morgan fingerprint density at radius 1 is 1.50 bits per heavy atom. The summed E-state index contributed by atoms with van der Waals surface area (Å²) in [6.45, 7) is 14.8. The molecule has 3 nitrogen and oxygen atoms in total. The lowest BCUT2D eigenvalue weighted by Gasteiger charge is -2.35. The standard InChI is InChI=1S/C17H32N2O/c1-7-10-14(8-2)18-16(17(3,4)5)19-12-9-11-15(19)13-20-6/h8,14-15H,2,7,9-13H2,1,3-6H3/t14?,15-/m0/s1. The lowest BCUT2D eigenvalue weighted by Crippen LogP contribution is -2.45. The number of amidine groups is 1. The molecule has 0 amide bonds. The molecule has 0 aromatic heterocycles. The van der Waals surface area contributed by atoms with E-state index >= 15 is 0 Å². The number of rotatable bonds is 6. The van der Waals surface area contributed by atoms with Crippen molar-refractivity contribution >= 4 is 5.84 Å². The predicted molar refractivity (Wildman–Crippen MR) is 87.4 cm³/mol. The molecule has 1 aliphatic heterocycles. The van der Waals surface area contributed by atoms with Gasteiger partial charge in [-0.05, 0) is 19.3 Å². The minimum atomic E-state index is 0.0608. The highest BCUT2D eigenvalue weighted by Gasteiger charge is 2.33. The van der Waals surface area contributed by atoms with Crippen LogP contribution in [0.2, 0.25) is 0 Å². The molecule has 2 atom stereocenters. The fourth-order valence-corrected chi connectivity index (χ4v) is 2.87. The van der Waals surface area contributed by atoms with E-state index in [2.05, 4.69) is 39.2 Å². The Labute approximate surface area is 125 Å². The molecule has 0 N–H and O–H groups in total. The molecule has 0 bridgehead atoms. The summed E-state index contributed by atoms with van der Waals surface area (Å²) in [4.78, 5) is 7.51. The van der Waals surface area contributed by atoms with Crippen molar-refractivity contribution in [1.29, 1.82) is 0 Å². The summed E-state index contributed by atoms with van der Waals surface area (Å²) in [7, 11) is 1.79. The first kappa shape index (κ1) is 17.2. The second-order valence-corrected chi connectivity index (χ2v) is 6.74. The summed E-state index contributed by atoms with van der Waals surface area (Å²) >= 11 is 0. The zero-order valence-corrected chi connectivity index (χ0v) is 14.0. The van der Waals surface area contributed by atoms with Crippen molar-refractivity contribution in [3.63, 3.8) is 0 Å². The molecule has 0 aliphatic carbocycles. The highest BCUT2D eigenvalue weighted by Crippen LogP contribution is 2.27. The Kier molecular flexibility index (Phi) is 6.74. The van der Waals surface area contributed by atoms with Crippen molar-refractivity contribution in [3.05, 3.63) is 12.7 Å². The smallest absolute Gasteiger partial charge is 0.105 e. The van der Waals surface area contributed by atoms with Crippen LogP contribution < -0.4 is 0 Å². The van der Waals surface area contributed by atoms with Gasteiger partial charge in [-0.15, -0.1) is 6.58 Å². The van der Waals surface area contributed by atoms with Crippen molar-refractivity contribution in [2.24, 2.45) is 10.4 Å². The van der Waals surface area contributed by atoms with Crippen molar-refractivity contribution in [1.82, 2.24) is 4.90 Å². The SMILES string of the molecule is C=CC(CCC)N=C(N1CCC[C@H]1COC)C(C)(C)C. The molecule has 0 aromatic carbocycles. The number of likely N-dealkylation sites (tertiary alicyclic amines) is 1. The molecular formula is C17H32N2O. The van der Waals surface area contributed by atoms with Crippen molar-refractivity contribution < 1.29 is 4.74 Å². The largest absolute Gasteiger partial charge is 0.383 e. The Morgan fingerprint density at radius 3 is 2.70 bits per heavy atom. The minimum Gasteiger partial charge on any atom is -0.383 e. The molecule has 116 valence electrons. The van der Waals surface area contributed by atoms with Gasteiger partial charge in [-0.2, -0.15) is 0 Å². The summed E-state index contributed by atoms with van der Waals surface area (Å²) in [5.74, 6) is 1.22. The van der Waals surface area contributed by atoms with E-state index in [1.54, 1.807) is 7.11 Å². The third-order valence-corrected chi connectivity index (χ3v) is 3.82. The third kappa shape index (κ3) is 4.62. The van der Waals surface area contributed by atoms with Crippen LogP contribution in [0.25, 0.3) is 0 Å². The first-order chi connectivity index (χ1) is 9.43. The fourth-order valence-electron chi connectivity index (χ4n) is 2.87. The fraction of sp³-hybridized carbons (Fsp3) is 0.824. The highest BCUT2D eigenvalue weighted by atomic mass is 16.5. The van der Waals surface area contributed by atoms with Crippen LogP contribution in [0.1, 0.15) is 53.4 Å². The van der Waals surface area contributed by atoms with Gasteiger partial charge in [-0.3, -0.25) is 4.99 Å². The second kappa shape index (κ2) is 7.82. The number of nitrogens with zero attached hydrogens (tertiary/aromatic N) is 2. The lowest BCUT2D eigenvalue weighted by molar-refractivity contribution is 0.141. The summed E-state index contributed by atoms with van der Waals surface area (Å²) in [6, 6.07) is 0.711. The number of hydrogen-bond acceptors (Lipinski definition) is 2. The molecule has 1 heterocycles. The number of aliphatic imine (C=N–C) groups is 1. The zero-order chi connectivity index (χ0) is 15.2. The van der Waals surface area contributed by atoms with Gasteiger partial charge in [-0.1, -0.05) is 40.2 Å². The Bertz CT molecular complexity index is 330. The van der Waals surface area contributed by atoms with Crippen LogP contribution in [0.5, 0.6) is 0 Å². The van der Waals surface area contributed by atoms with Crippen LogP contribution in [0.4, 0.5) is 0 Å². The van der Waals surface area contributed by atoms with E-state index in [9.17, 15) is 0 Å². The molecule has 1 aliphatic rings. The first-order valence-electron chi connectivity index (χ1n) is 7.90. The van der Waals surface area contributed by atoms with Crippen molar-refractivity contribution in [3.8, 4) is 0 Å². The normalized spacial score (nSPS) is 22.1. The Hall–Kier alpha value is -0.830. The monoisotopic (exact) mass is 280 g/mol. The van der Waals surface area contributed by atoms with E-state index in [0.717, 1.165) is 26.0 Å². The predicted octanol–water partition coefficient (Wildman–Crippen LogP) is 3.90. The molecular weight excluding hydrogens is 248 g/mol. The molecule has 1 rings (SSSR count). The van der Waals surface area contributed by atoms with Gasteiger partial charge in [0.25, 0.3) is 0 Å². The maximum atomic E-state index is 5.38. The Morgan fingerprint density at radius 2 is 2.20 bits per heavy atom. The average Bonchev–Trinajstić information content (AvgIpc) is 2.81. The maximum Gasteiger partial charge on any atom is 0.105 e. The van der Waals surface area contributed by atoms with Crippen LogP contribution in [-0.2, 0) is 4.74 Å². The molecule has 1 saturated heterocycles. The van der Waals surface area contributed by atoms with Crippen LogP contribution in [0.3, 0.4) is 0 Å². The molecule has 0 aromatic rings. The van der Waals surface area contributed by atoms with Gasteiger partial charge in [-0.25, -0.2) is 0 Å². The average molecular weight is 280 g/mol. The van der Waals surface area contributed by atoms with E-state index in [-0.39, 0.29) is 11.5 Å². The maximum absolute atomic E-state index is 5.38. The molecule has 1 unspecified atom stereocenters. The zero-order valence-electron chi connectivity index (χ0n) is 14.0.